The maximum absolute atomic E-state index is 14.2. The van der Waals surface area contributed by atoms with Crippen molar-refractivity contribution in [2.75, 3.05) is 20.6 Å². The predicted molar refractivity (Wildman–Crippen MR) is 199 cm³/mol. The summed E-state index contributed by atoms with van der Waals surface area (Å²) < 4.78 is 0. The molecule has 3 rings (SSSR count). The van der Waals surface area contributed by atoms with Gasteiger partial charge in [0.25, 0.3) is 5.91 Å². The van der Waals surface area contributed by atoms with E-state index >= 15 is 0 Å². The number of likely N-dealkylation sites (N-methyl/N-ethyl adjacent to an activating group) is 2. The molecule has 12 nitrogen and oxygen atoms in total. The van der Waals surface area contributed by atoms with E-state index in [9.17, 15) is 29.1 Å². The zero-order valence-electron chi connectivity index (χ0n) is 31.7. The van der Waals surface area contributed by atoms with Crippen molar-refractivity contribution < 1.29 is 29.1 Å². The molecule has 1 aliphatic heterocycles. The second-order valence-electron chi connectivity index (χ2n) is 14.8. The molecule has 51 heavy (non-hydrogen) atoms. The van der Waals surface area contributed by atoms with Crippen LogP contribution in [0.4, 0.5) is 0 Å². The number of carbonyl (C=O) groups is 5. The van der Waals surface area contributed by atoms with E-state index in [1.165, 1.54) is 18.3 Å². The molecule has 0 radical (unpaired) electrons. The minimum absolute atomic E-state index is 0.0142. The average Bonchev–Trinajstić information content (AvgIpc) is 3.71. The lowest BCUT2D eigenvalue weighted by atomic mass is 9.91. The number of nitrogens with one attached hydrogen (secondary N) is 3. The number of thiazole rings is 1. The second kappa shape index (κ2) is 18.6. The molecule has 7 atom stereocenters. The number of hydrogen-bond donors (Lipinski definition) is 4. The molecule has 1 aromatic heterocycles. The van der Waals surface area contributed by atoms with Gasteiger partial charge >= 0.3 is 5.97 Å². The number of benzene rings is 1. The second-order valence-corrected chi connectivity index (χ2v) is 15.7. The molecule has 13 heteroatoms. The first-order valence-electron chi connectivity index (χ1n) is 18.1. The molecule has 1 aromatic carbocycles. The van der Waals surface area contributed by atoms with Gasteiger partial charge in [-0.1, -0.05) is 71.4 Å². The van der Waals surface area contributed by atoms with Crippen molar-refractivity contribution in [2.45, 2.75) is 117 Å². The van der Waals surface area contributed by atoms with Crippen molar-refractivity contribution in [2.24, 2.45) is 17.8 Å². The first-order chi connectivity index (χ1) is 24.0. The standard InChI is InChI=1S/C38H58N6O6S/c1-10-24(4)32(42-37(50)38(7)17-14-18-43(38)8)35(47)44(9)31(23(2)3)21-29(39-26(6)45)34-41-30(22-51-34)33(46)40-28(19-25(5)36(48)49)20-27-15-12-11-13-16-27/h11-13,15-16,22-25,28-29,31-32H,10,14,17-21H2,1-9H3,(H,39,45)(H,40,46)(H,42,50)(H,48,49)/t24?,25-,28+,29+,31+,32-,38+/m0/s1. The van der Waals surface area contributed by atoms with Crippen molar-refractivity contribution in [3.8, 4) is 0 Å². The fraction of sp³-hybridized carbons (Fsp3) is 0.632. The maximum atomic E-state index is 14.2. The molecular weight excluding hydrogens is 669 g/mol. The van der Waals surface area contributed by atoms with Crippen LogP contribution in [0, 0.1) is 17.8 Å². The minimum atomic E-state index is -0.937. The zero-order valence-corrected chi connectivity index (χ0v) is 32.5. The van der Waals surface area contributed by atoms with Crippen LogP contribution in [0.25, 0.3) is 0 Å². The summed E-state index contributed by atoms with van der Waals surface area (Å²) in [7, 11) is 3.68. The van der Waals surface area contributed by atoms with Crippen LogP contribution in [0.1, 0.15) is 108 Å². The van der Waals surface area contributed by atoms with Crippen LogP contribution < -0.4 is 16.0 Å². The molecule has 282 valence electrons. The van der Waals surface area contributed by atoms with E-state index in [0.717, 1.165) is 24.9 Å². The molecule has 1 aliphatic rings. The number of carbonyl (C=O) groups excluding carboxylic acids is 4. The normalized spacial score (nSPS) is 19.7. The third-order valence-corrected chi connectivity index (χ3v) is 11.5. The summed E-state index contributed by atoms with van der Waals surface area (Å²) in [6.07, 6.45) is 3.38. The molecular formula is C38H58N6O6S. The Kier molecular flexibility index (Phi) is 15.2. The van der Waals surface area contributed by atoms with E-state index < -0.39 is 41.5 Å². The number of aliphatic carboxylic acids is 1. The maximum Gasteiger partial charge on any atom is 0.306 e. The van der Waals surface area contributed by atoms with Crippen LogP contribution >= 0.6 is 11.3 Å². The summed E-state index contributed by atoms with van der Waals surface area (Å²) in [5.74, 6) is -2.77. The molecule has 2 heterocycles. The highest BCUT2D eigenvalue weighted by Gasteiger charge is 2.44. The number of rotatable bonds is 18. The van der Waals surface area contributed by atoms with Gasteiger partial charge in [0.2, 0.25) is 17.7 Å². The number of aromatic nitrogens is 1. The quantitative estimate of drug-likeness (QED) is 0.173. The fourth-order valence-electron chi connectivity index (χ4n) is 6.76. The summed E-state index contributed by atoms with van der Waals surface area (Å²) in [5, 5.41) is 20.8. The van der Waals surface area contributed by atoms with E-state index in [1.54, 1.807) is 24.3 Å². The molecule has 4 N–H and O–H groups in total. The van der Waals surface area contributed by atoms with Crippen molar-refractivity contribution >= 4 is 40.9 Å². The molecule has 1 unspecified atom stereocenters. The van der Waals surface area contributed by atoms with Gasteiger partial charge in [-0.3, -0.25) is 28.9 Å². The van der Waals surface area contributed by atoms with Crippen LogP contribution in [-0.4, -0.2) is 93.8 Å². The zero-order chi connectivity index (χ0) is 38.0. The number of hydrogen-bond acceptors (Lipinski definition) is 8. The van der Waals surface area contributed by atoms with Gasteiger partial charge < -0.3 is 26.0 Å². The van der Waals surface area contributed by atoms with Crippen LogP contribution in [0.3, 0.4) is 0 Å². The number of carboxylic acid groups (broad SMARTS) is 1. The first-order valence-corrected chi connectivity index (χ1v) is 18.9. The summed E-state index contributed by atoms with van der Waals surface area (Å²) in [5.41, 5.74) is 0.462. The number of carboxylic acids is 1. The lowest BCUT2D eigenvalue weighted by Gasteiger charge is -2.38. The van der Waals surface area contributed by atoms with Gasteiger partial charge in [-0.25, -0.2) is 4.98 Å². The molecule has 0 aliphatic carbocycles. The van der Waals surface area contributed by atoms with Gasteiger partial charge in [-0.2, -0.15) is 0 Å². The molecule has 0 bridgehead atoms. The highest BCUT2D eigenvalue weighted by molar-refractivity contribution is 7.09. The van der Waals surface area contributed by atoms with Crippen LogP contribution in [0.5, 0.6) is 0 Å². The number of amides is 4. The van der Waals surface area contributed by atoms with Gasteiger partial charge in [-0.05, 0) is 70.0 Å². The summed E-state index contributed by atoms with van der Waals surface area (Å²) in [6.45, 7) is 13.8. The summed E-state index contributed by atoms with van der Waals surface area (Å²) in [6, 6.07) is 7.47. The Morgan fingerprint density at radius 3 is 2.25 bits per heavy atom. The fourth-order valence-corrected chi connectivity index (χ4v) is 7.63. The van der Waals surface area contributed by atoms with Crippen LogP contribution in [0.2, 0.25) is 0 Å². The van der Waals surface area contributed by atoms with Crippen molar-refractivity contribution in [3.63, 3.8) is 0 Å². The SMILES string of the molecule is CCC(C)[C@H](NC(=O)[C@@]1(C)CCCN1C)C(=O)N(C)[C@H](C[C@@H](NC(C)=O)c1nc(C(=O)N[C@@H](Cc2ccccc2)C[C@H](C)C(=O)O)cs1)C(C)C. The van der Waals surface area contributed by atoms with Gasteiger partial charge in [0.15, 0.2) is 0 Å². The van der Waals surface area contributed by atoms with Gasteiger partial charge in [0.1, 0.15) is 16.7 Å². The lowest BCUT2D eigenvalue weighted by Crippen LogP contribution is -2.60. The van der Waals surface area contributed by atoms with Gasteiger partial charge in [-0.15, -0.1) is 11.3 Å². The molecule has 0 spiro atoms. The summed E-state index contributed by atoms with van der Waals surface area (Å²) in [4.78, 5) is 73.8. The molecule has 4 amide bonds. The first kappa shape index (κ1) is 41.6. The Bertz CT molecular complexity index is 1500. The topological polar surface area (TPSA) is 161 Å². The lowest BCUT2D eigenvalue weighted by molar-refractivity contribution is -0.142. The molecule has 0 saturated carbocycles. The Morgan fingerprint density at radius 2 is 1.71 bits per heavy atom. The monoisotopic (exact) mass is 726 g/mol. The van der Waals surface area contributed by atoms with Crippen LogP contribution in [0.15, 0.2) is 35.7 Å². The van der Waals surface area contributed by atoms with Crippen LogP contribution in [-0.2, 0) is 25.6 Å². The molecule has 1 fully saturated rings. The Balaban J connectivity index is 1.82. The average molecular weight is 727 g/mol. The van der Waals surface area contributed by atoms with Gasteiger partial charge in [0.05, 0.1) is 17.5 Å². The largest absolute Gasteiger partial charge is 0.481 e. The third kappa shape index (κ3) is 11.1. The third-order valence-electron chi connectivity index (χ3n) is 10.5. The Hall–Kier alpha value is -3.84. The molecule has 2 aromatic rings. The smallest absolute Gasteiger partial charge is 0.306 e. The number of nitrogens with zero attached hydrogens (tertiary/aromatic N) is 3. The number of likely N-dealkylation sites (tertiary alicyclic amines) is 1. The summed E-state index contributed by atoms with van der Waals surface area (Å²) >= 11 is 1.24. The Labute approximate surface area is 307 Å². The Morgan fingerprint density at radius 1 is 1.04 bits per heavy atom. The minimum Gasteiger partial charge on any atom is -0.481 e. The predicted octanol–water partition coefficient (Wildman–Crippen LogP) is 4.66. The van der Waals surface area contributed by atoms with Crippen molar-refractivity contribution in [1.29, 1.82) is 0 Å². The van der Waals surface area contributed by atoms with E-state index in [-0.39, 0.29) is 47.7 Å². The molecule has 1 saturated heterocycles. The van der Waals surface area contributed by atoms with Crippen molar-refractivity contribution in [3.05, 3.63) is 52.0 Å². The van der Waals surface area contributed by atoms with Crippen molar-refractivity contribution in [1.82, 2.24) is 30.7 Å². The van der Waals surface area contributed by atoms with E-state index in [4.69, 9.17) is 0 Å². The van der Waals surface area contributed by atoms with E-state index in [2.05, 4.69) is 20.9 Å². The highest BCUT2D eigenvalue weighted by atomic mass is 32.1. The van der Waals surface area contributed by atoms with E-state index in [0.29, 0.717) is 24.3 Å². The van der Waals surface area contributed by atoms with E-state index in [1.807, 2.05) is 76.9 Å². The highest BCUT2D eigenvalue weighted by Crippen LogP contribution is 2.30. The van der Waals surface area contributed by atoms with Gasteiger partial charge in [0, 0.05) is 31.4 Å².